The standard InChI is InChI=1S/C16H14F3OP.Li.H/c1-11-8-9-12(2)14(10-11)21(16(17,18)19)15(20)13-6-4-3-5-7-13;;/h3-10H,1-2H3;;/q;+1;-1. The topological polar surface area (TPSA) is 17.1 Å². The molecule has 1 atom stereocenters. The van der Waals surface area contributed by atoms with Crippen molar-refractivity contribution in [3.63, 3.8) is 0 Å². The Bertz CT molecular complexity index is 662. The zero-order chi connectivity index (χ0) is 15.6. The van der Waals surface area contributed by atoms with Crippen LogP contribution in [0.2, 0.25) is 0 Å². The summed E-state index contributed by atoms with van der Waals surface area (Å²) in [5, 5.41) is 0.0892. The van der Waals surface area contributed by atoms with E-state index in [0.29, 0.717) is 11.1 Å². The van der Waals surface area contributed by atoms with Crippen LogP contribution in [-0.4, -0.2) is 11.4 Å². The largest absolute Gasteiger partial charge is 1.00 e. The average molecular weight is 318 g/mol. The SMILES string of the molecule is Cc1ccc(C)c(P(C(=O)c2ccccc2)C(F)(F)F)c1.[H-].[Li+]. The zero-order valence-corrected chi connectivity index (χ0v) is 13.5. The van der Waals surface area contributed by atoms with Gasteiger partial charge in [0.1, 0.15) is 7.92 Å². The molecule has 0 bridgehead atoms. The zero-order valence-electron chi connectivity index (χ0n) is 13.6. The summed E-state index contributed by atoms with van der Waals surface area (Å²) in [6, 6.07) is 12.5. The Morgan fingerprint density at radius 3 is 2.18 bits per heavy atom. The van der Waals surface area contributed by atoms with E-state index in [1.54, 1.807) is 44.2 Å². The predicted octanol–water partition coefficient (Wildman–Crippen LogP) is 1.89. The summed E-state index contributed by atoms with van der Waals surface area (Å²) in [5.41, 5.74) is 0.454. The molecular formula is C16H15F3LiOP. The van der Waals surface area contributed by atoms with Crippen molar-refractivity contribution in [3.8, 4) is 0 Å². The fourth-order valence-electron chi connectivity index (χ4n) is 2.03. The molecule has 0 radical (unpaired) electrons. The van der Waals surface area contributed by atoms with Gasteiger partial charge in [0.15, 0.2) is 5.52 Å². The number of aryl methyl sites for hydroxylation is 2. The third kappa shape index (κ3) is 4.23. The van der Waals surface area contributed by atoms with Crippen LogP contribution >= 0.6 is 7.92 Å². The molecule has 0 saturated carbocycles. The maximum atomic E-state index is 13.5. The van der Waals surface area contributed by atoms with Crippen molar-refractivity contribution in [2.24, 2.45) is 0 Å². The molecule has 0 saturated heterocycles. The summed E-state index contributed by atoms with van der Waals surface area (Å²) in [5.74, 6) is -4.55. The van der Waals surface area contributed by atoms with Crippen LogP contribution in [0.15, 0.2) is 48.5 Å². The minimum atomic E-state index is -4.55. The number of hydrogen-bond donors (Lipinski definition) is 0. The molecule has 6 heteroatoms. The Kier molecular flexibility index (Phi) is 6.44. The van der Waals surface area contributed by atoms with Crippen LogP contribution in [0.1, 0.15) is 22.9 Å². The Hall–Kier alpha value is -1.07. The Morgan fingerprint density at radius 2 is 1.64 bits per heavy atom. The van der Waals surface area contributed by atoms with Gasteiger partial charge < -0.3 is 1.43 Å². The summed E-state index contributed by atoms with van der Waals surface area (Å²) in [4.78, 5) is 12.4. The van der Waals surface area contributed by atoms with E-state index in [1.165, 1.54) is 18.2 Å². The molecule has 1 unspecified atom stereocenters. The van der Waals surface area contributed by atoms with Crippen LogP contribution in [0.3, 0.4) is 0 Å². The van der Waals surface area contributed by atoms with Gasteiger partial charge in [0.05, 0.1) is 0 Å². The van der Waals surface area contributed by atoms with E-state index < -0.39 is 19.4 Å². The van der Waals surface area contributed by atoms with Gasteiger partial charge in [-0.2, -0.15) is 13.2 Å². The van der Waals surface area contributed by atoms with E-state index in [1.807, 2.05) is 0 Å². The molecule has 0 aromatic heterocycles. The van der Waals surface area contributed by atoms with Crippen LogP contribution in [-0.2, 0) is 0 Å². The monoisotopic (exact) mass is 318 g/mol. The van der Waals surface area contributed by atoms with E-state index >= 15 is 0 Å². The second-order valence-electron chi connectivity index (χ2n) is 4.76. The normalized spacial score (nSPS) is 12.4. The van der Waals surface area contributed by atoms with Gasteiger partial charge in [-0.1, -0.05) is 54.1 Å². The van der Waals surface area contributed by atoms with E-state index in [2.05, 4.69) is 0 Å². The van der Waals surface area contributed by atoms with Gasteiger partial charge in [-0.15, -0.1) is 0 Å². The molecule has 2 aromatic carbocycles. The first-order valence-electron chi connectivity index (χ1n) is 6.34. The van der Waals surface area contributed by atoms with Crippen molar-refractivity contribution < 1.29 is 38.3 Å². The van der Waals surface area contributed by atoms with Gasteiger partial charge in [-0.3, -0.25) is 4.79 Å². The van der Waals surface area contributed by atoms with Gasteiger partial charge >= 0.3 is 24.8 Å². The summed E-state index contributed by atoms with van der Waals surface area (Å²) < 4.78 is 40.4. The molecule has 0 aliphatic rings. The molecule has 0 N–H and O–H groups in total. The molecule has 22 heavy (non-hydrogen) atoms. The number of carbonyl (C=O) groups excluding carboxylic acids is 1. The molecule has 0 amide bonds. The van der Waals surface area contributed by atoms with E-state index in [0.717, 1.165) is 0 Å². The Labute approximate surface area is 142 Å². The molecule has 0 fully saturated rings. The predicted molar refractivity (Wildman–Crippen MR) is 80.4 cm³/mol. The van der Waals surface area contributed by atoms with Crippen LogP contribution in [0.4, 0.5) is 13.2 Å². The first kappa shape index (κ1) is 19.0. The molecule has 0 spiro atoms. The first-order chi connectivity index (χ1) is 9.80. The molecule has 0 aliphatic heterocycles. The molecule has 1 nitrogen and oxygen atoms in total. The van der Waals surface area contributed by atoms with E-state index in [-0.39, 0.29) is 31.2 Å². The maximum absolute atomic E-state index is 13.5. The van der Waals surface area contributed by atoms with Crippen molar-refractivity contribution in [2.45, 2.75) is 19.8 Å². The van der Waals surface area contributed by atoms with E-state index in [9.17, 15) is 18.0 Å². The van der Waals surface area contributed by atoms with Crippen molar-refractivity contribution in [1.82, 2.24) is 0 Å². The van der Waals surface area contributed by atoms with Gasteiger partial charge in [0, 0.05) is 5.56 Å². The average Bonchev–Trinajstić information content (AvgIpc) is 2.42. The molecule has 2 aromatic rings. The minimum Gasteiger partial charge on any atom is -1.00 e. The third-order valence-corrected chi connectivity index (χ3v) is 5.22. The fraction of sp³-hybridized carbons (Fsp3) is 0.188. The van der Waals surface area contributed by atoms with Crippen LogP contribution in [0.25, 0.3) is 0 Å². The van der Waals surface area contributed by atoms with Crippen molar-refractivity contribution in [3.05, 3.63) is 65.2 Å². The molecule has 0 heterocycles. The van der Waals surface area contributed by atoms with Gasteiger partial charge in [-0.25, -0.2) is 0 Å². The number of alkyl halides is 3. The quantitative estimate of drug-likeness (QED) is 0.624. The Morgan fingerprint density at radius 1 is 1.05 bits per heavy atom. The summed E-state index contributed by atoms with van der Waals surface area (Å²) in [7, 11) is -2.91. The van der Waals surface area contributed by atoms with Crippen LogP contribution in [0, 0.1) is 13.8 Å². The van der Waals surface area contributed by atoms with Crippen molar-refractivity contribution in [2.75, 3.05) is 0 Å². The van der Waals surface area contributed by atoms with Gasteiger partial charge in [-0.05, 0) is 24.7 Å². The smallest absolute Gasteiger partial charge is 1.00 e. The molecule has 2 rings (SSSR count). The number of carbonyl (C=O) groups is 1. The summed E-state index contributed by atoms with van der Waals surface area (Å²) in [6.07, 6.45) is 0. The maximum Gasteiger partial charge on any atom is 1.00 e. The van der Waals surface area contributed by atoms with Gasteiger partial charge in [0.25, 0.3) is 0 Å². The Balaban J connectivity index is 0.00000242. The number of benzene rings is 2. The van der Waals surface area contributed by atoms with Crippen molar-refractivity contribution >= 4 is 18.8 Å². The molecular weight excluding hydrogens is 303 g/mol. The number of rotatable bonds is 3. The second-order valence-corrected chi connectivity index (χ2v) is 6.83. The fourth-order valence-corrected chi connectivity index (χ4v) is 3.92. The first-order valence-corrected chi connectivity index (χ1v) is 7.68. The summed E-state index contributed by atoms with van der Waals surface area (Å²) >= 11 is 0. The minimum absolute atomic E-state index is 0. The van der Waals surface area contributed by atoms with Gasteiger partial charge in [0.2, 0.25) is 0 Å². The van der Waals surface area contributed by atoms with E-state index in [4.69, 9.17) is 0 Å². The second kappa shape index (κ2) is 7.46. The number of halogens is 3. The number of hydrogen-bond acceptors (Lipinski definition) is 1. The summed E-state index contributed by atoms with van der Waals surface area (Å²) in [6.45, 7) is 3.33. The molecule has 112 valence electrons. The van der Waals surface area contributed by atoms with Crippen LogP contribution < -0.4 is 24.2 Å². The van der Waals surface area contributed by atoms with Crippen molar-refractivity contribution in [1.29, 1.82) is 0 Å². The van der Waals surface area contributed by atoms with Crippen LogP contribution in [0.5, 0.6) is 0 Å². The molecule has 0 aliphatic carbocycles. The third-order valence-electron chi connectivity index (χ3n) is 3.08.